The highest BCUT2D eigenvalue weighted by Crippen LogP contribution is 2.37. The van der Waals surface area contributed by atoms with Gasteiger partial charge in [0.2, 0.25) is 0 Å². The predicted octanol–water partition coefficient (Wildman–Crippen LogP) is 3.54. The van der Waals surface area contributed by atoms with E-state index in [-0.39, 0.29) is 6.00 Å². The summed E-state index contributed by atoms with van der Waals surface area (Å²) >= 11 is 6.05. The van der Waals surface area contributed by atoms with E-state index in [4.69, 9.17) is 30.6 Å². The quantitative estimate of drug-likeness (QED) is 0.220. The molecule has 0 saturated carbocycles. The second kappa shape index (κ2) is 10.2. The molecule has 0 bridgehead atoms. The minimum Gasteiger partial charge on any atom is -0.493 e. The Kier molecular flexibility index (Phi) is 7.12. The number of methoxy groups -OCH3 is 1. The Morgan fingerprint density at radius 3 is 2.59 bits per heavy atom. The van der Waals surface area contributed by atoms with Crippen LogP contribution in [-0.4, -0.2) is 69.6 Å². The van der Waals surface area contributed by atoms with Gasteiger partial charge in [-0.05, 0) is 35.0 Å². The van der Waals surface area contributed by atoms with Crippen LogP contribution in [0.4, 0.5) is 5.69 Å². The highest BCUT2D eigenvalue weighted by Gasteiger charge is 2.18. The van der Waals surface area contributed by atoms with Crippen molar-refractivity contribution in [2.45, 2.75) is 0 Å². The third-order valence-corrected chi connectivity index (χ3v) is 5.76. The van der Waals surface area contributed by atoms with Gasteiger partial charge in [0, 0.05) is 31.2 Å². The topological polar surface area (TPSA) is 80.1 Å². The zero-order valence-corrected chi connectivity index (χ0v) is 18.9. The fourth-order valence-electron chi connectivity index (χ4n) is 3.86. The second-order valence-corrected chi connectivity index (χ2v) is 7.57. The highest BCUT2D eigenvalue weighted by atomic mass is 35.5. The largest absolute Gasteiger partial charge is 0.493 e. The monoisotopic (exact) mass is 456 g/mol. The van der Waals surface area contributed by atoms with Crippen molar-refractivity contribution in [2.75, 3.05) is 64.7 Å². The van der Waals surface area contributed by atoms with E-state index in [1.807, 2.05) is 24.3 Å². The predicted molar refractivity (Wildman–Crippen MR) is 123 cm³/mol. The lowest BCUT2D eigenvalue weighted by Gasteiger charge is -2.26. The van der Waals surface area contributed by atoms with Crippen LogP contribution >= 0.6 is 11.6 Å². The van der Waals surface area contributed by atoms with Crippen molar-refractivity contribution in [3.05, 3.63) is 36.0 Å². The number of rotatable bonds is 8. The minimum absolute atomic E-state index is 0.0710. The van der Waals surface area contributed by atoms with E-state index in [1.54, 1.807) is 7.11 Å². The van der Waals surface area contributed by atoms with E-state index < -0.39 is 0 Å². The van der Waals surface area contributed by atoms with Crippen LogP contribution < -0.4 is 14.5 Å². The molecule has 0 unspecified atom stereocenters. The first kappa shape index (κ1) is 22.4. The number of nitrogens with zero attached hydrogens (tertiary/aromatic N) is 4. The lowest BCUT2D eigenvalue weighted by Crippen LogP contribution is -2.38. The van der Waals surface area contributed by atoms with Crippen LogP contribution in [0.1, 0.15) is 5.56 Å². The molecule has 2 heterocycles. The lowest BCUT2D eigenvalue weighted by atomic mass is 10.0. The van der Waals surface area contributed by atoms with Crippen LogP contribution in [0.5, 0.6) is 11.5 Å². The van der Waals surface area contributed by atoms with Gasteiger partial charge in [-0.1, -0.05) is 0 Å². The Morgan fingerprint density at radius 2 is 1.91 bits per heavy atom. The number of morpholine rings is 1. The van der Waals surface area contributed by atoms with Gasteiger partial charge in [-0.15, -0.1) is 11.6 Å². The zero-order valence-electron chi connectivity index (χ0n) is 18.1. The van der Waals surface area contributed by atoms with Crippen LogP contribution in [0.25, 0.3) is 21.7 Å². The van der Waals surface area contributed by atoms with E-state index in [0.29, 0.717) is 29.4 Å². The molecule has 0 atom stereocenters. The molecule has 8 nitrogen and oxygen atoms in total. The number of nitriles is 1. The Morgan fingerprint density at radius 1 is 1.16 bits per heavy atom. The van der Waals surface area contributed by atoms with E-state index in [0.717, 1.165) is 54.5 Å². The number of hydrogen-bond acceptors (Lipinski definition) is 8. The molecular formula is C23H25ClN4O4. The van der Waals surface area contributed by atoms with Gasteiger partial charge in [-0.2, -0.15) is 5.26 Å². The number of halogens is 1. The van der Waals surface area contributed by atoms with Crippen molar-refractivity contribution in [3.8, 4) is 17.6 Å². The van der Waals surface area contributed by atoms with Gasteiger partial charge in [-0.25, -0.2) is 5.06 Å². The summed E-state index contributed by atoms with van der Waals surface area (Å²) in [5.74, 6) is 1.33. The number of pyridine rings is 1. The molecule has 3 aromatic rings. The number of ether oxygens (including phenoxy) is 3. The number of hydrogen-bond donors (Lipinski definition) is 0. The van der Waals surface area contributed by atoms with Crippen molar-refractivity contribution in [1.29, 1.82) is 5.26 Å². The maximum atomic E-state index is 9.56. The summed E-state index contributed by atoms with van der Waals surface area (Å²) < 4.78 is 17.0. The number of alkyl halides is 1. The molecular weight excluding hydrogens is 432 g/mol. The van der Waals surface area contributed by atoms with Crippen molar-refractivity contribution in [1.82, 2.24) is 9.88 Å². The molecule has 1 aromatic heterocycles. The maximum Gasteiger partial charge on any atom is 0.161 e. The maximum absolute atomic E-state index is 9.56. The molecule has 1 aliphatic rings. The van der Waals surface area contributed by atoms with Crippen molar-refractivity contribution >= 4 is 39.0 Å². The Bertz CT molecular complexity index is 1140. The Hall–Kier alpha value is -2.83. The number of benzene rings is 2. The van der Waals surface area contributed by atoms with E-state index >= 15 is 0 Å². The molecule has 0 N–H and O–H groups in total. The molecule has 0 amide bonds. The third kappa shape index (κ3) is 4.52. The van der Waals surface area contributed by atoms with Gasteiger partial charge in [-0.3, -0.25) is 14.7 Å². The molecule has 168 valence electrons. The van der Waals surface area contributed by atoms with Crippen LogP contribution in [0.2, 0.25) is 0 Å². The van der Waals surface area contributed by atoms with E-state index in [2.05, 4.69) is 16.0 Å². The van der Waals surface area contributed by atoms with Gasteiger partial charge in [0.1, 0.15) is 18.7 Å². The summed E-state index contributed by atoms with van der Waals surface area (Å²) in [7, 11) is 3.14. The summed E-state index contributed by atoms with van der Waals surface area (Å²) in [6.45, 7) is 4.75. The van der Waals surface area contributed by atoms with Gasteiger partial charge in [0.05, 0.1) is 44.2 Å². The lowest BCUT2D eigenvalue weighted by molar-refractivity contribution is 0.0321. The van der Waals surface area contributed by atoms with E-state index in [1.165, 1.54) is 18.4 Å². The summed E-state index contributed by atoms with van der Waals surface area (Å²) in [5.41, 5.74) is 1.69. The van der Waals surface area contributed by atoms with Crippen LogP contribution in [0.15, 0.2) is 30.5 Å². The summed E-state index contributed by atoms with van der Waals surface area (Å²) in [6, 6.07) is 10.1. The van der Waals surface area contributed by atoms with Gasteiger partial charge < -0.3 is 14.2 Å². The average Bonchev–Trinajstić information content (AvgIpc) is 2.84. The third-order valence-electron chi connectivity index (χ3n) is 5.55. The second-order valence-electron chi connectivity index (χ2n) is 7.33. The fourth-order valence-corrected chi connectivity index (χ4v) is 4.08. The summed E-state index contributed by atoms with van der Waals surface area (Å²) in [5, 5.41) is 13.7. The molecule has 32 heavy (non-hydrogen) atoms. The van der Waals surface area contributed by atoms with E-state index in [9.17, 15) is 5.26 Å². The molecule has 2 aromatic carbocycles. The van der Waals surface area contributed by atoms with Crippen molar-refractivity contribution in [3.63, 3.8) is 0 Å². The first-order chi connectivity index (χ1) is 15.7. The molecule has 1 aliphatic heterocycles. The average molecular weight is 457 g/mol. The molecule has 9 heteroatoms. The van der Waals surface area contributed by atoms with Crippen LogP contribution in [-0.2, 0) is 9.57 Å². The standard InChI is InChI=1S/C23H25ClN4O4/c1-29-21-11-16-9-19-20(26-14-18(13-25)23(19)28(15-24)30-2)10-17(16)12-22(21)32-8-5-27-3-6-31-7-4-27/h9-12,14H,3-8,15H2,1-2H3. The highest BCUT2D eigenvalue weighted by molar-refractivity contribution is 6.19. The molecule has 0 spiro atoms. The van der Waals surface area contributed by atoms with Gasteiger partial charge >= 0.3 is 0 Å². The molecule has 0 radical (unpaired) electrons. The normalized spacial score (nSPS) is 14.4. The minimum atomic E-state index is 0.0710. The van der Waals surface area contributed by atoms with Gasteiger partial charge in [0.25, 0.3) is 0 Å². The summed E-state index contributed by atoms with van der Waals surface area (Å²) in [6.07, 6.45) is 1.53. The SMILES string of the molecule is COc1cc2cc3c(N(CCl)OC)c(C#N)cnc3cc2cc1OCCN1CCOCC1. The smallest absolute Gasteiger partial charge is 0.161 e. The molecule has 1 saturated heterocycles. The summed E-state index contributed by atoms with van der Waals surface area (Å²) in [4.78, 5) is 12.2. The first-order valence-electron chi connectivity index (χ1n) is 10.3. The molecule has 1 fully saturated rings. The number of fused-ring (bicyclic) bond motifs is 2. The zero-order chi connectivity index (χ0) is 22.5. The Balaban J connectivity index is 1.70. The number of anilines is 1. The first-order valence-corrected chi connectivity index (χ1v) is 10.9. The van der Waals surface area contributed by atoms with Gasteiger partial charge in [0.15, 0.2) is 11.5 Å². The van der Waals surface area contributed by atoms with Crippen molar-refractivity contribution in [2.24, 2.45) is 0 Å². The number of aromatic nitrogens is 1. The molecule has 4 rings (SSSR count). The van der Waals surface area contributed by atoms with Crippen LogP contribution in [0, 0.1) is 11.3 Å². The Labute approximate surface area is 191 Å². The number of hydroxylamine groups is 1. The fraction of sp³-hybridized carbons (Fsp3) is 0.391. The molecule has 0 aliphatic carbocycles. The van der Waals surface area contributed by atoms with Crippen molar-refractivity contribution < 1.29 is 19.0 Å². The van der Waals surface area contributed by atoms with Crippen LogP contribution in [0.3, 0.4) is 0 Å².